The molecule has 7 nitrogen and oxygen atoms in total. The maximum Gasteiger partial charge on any atom is 0.417 e. The van der Waals surface area contributed by atoms with Crippen LogP contribution in [0.4, 0.5) is 28.2 Å². The molecule has 1 aromatic heterocycles. The number of fused-ring (bicyclic) bond motifs is 1. The molecule has 0 aliphatic carbocycles. The standard InChI is InChI=1S/C27H34F4N4O3S/c1-14-10-15(2)22(28)20(21(14)27(29,30)31)19-11-18-17(13-37-19)23(33-24(32-18)39-7)34-8-9-35(16(3)12-34)25(36)38-26(4,5)6/h10,16,19H,8-9,11-13H2,1-7H3/t16-,19?/m1/s1. The summed E-state index contributed by atoms with van der Waals surface area (Å²) in [4.78, 5) is 25.7. The SMILES string of the molecule is CSc1nc2c(c(N3CCN(C(=O)OC(C)(C)C)[C@H](C)C3)n1)COC(c1c(F)c(C)cc(C)c1C(F)(F)F)C2. The summed E-state index contributed by atoms with van der Waals surface area (Å²) in [5.74, 6) is -0.289. The number of halogens is 4. The summed E-state index contributed by atoms with van der Waals surface area (Å²) in [5, 5.41) is 0.462. The molecule has 12 heteroatoms. The molecule has 2 aliphatic rings. The molecular formula is C27H34F4N4O3S. The Labute approximate surface area is 230 Å². The first-order valence-corrected chi connectivity index (χ1v) is 14.0. The third-order valence-electron chi connectivity index (χ3n) is 6.88. The van der Waals surface area contributed by atoms with Gasteiger partial charge in [0.2, 0.25) is 0 Å². The lowest BCUT2D eigenvalue weighted by Gasteiger charge is -2.41. The summed E-state index contributed by atoms with van der Waals surface area (Å²) in [5.41, 5.74) is -0.788. The maximum absolute atomic E-state index is 15.2. The number of benzene rings is 1. The molecule has 1 fully saturated rings. The number of thioether (sulfide) groups is 1. The van der Waals surface area contributed by atoms with Crippen molar-refractivity contribution in [2.45, 2.75) is 83.6 Å². The van der Waals surface area contributed by atoms with Crippen LogP contribution in [0, 0.1) is 19.7 Å². The van der Waals surface area contributed by atoms with E-state index in [9.17, 15) is 18.0 Å². The second-order valence-electron chi connectivity index (χ2n) is 11.0. The summed E-state index contributed by atoms with van der Waals surface area (Å²) in [7, 11) is 0. The van der Waals surface area contributed by atoms with Crippen LogP contribution in [0.1, 0.15) is 67.3 Å². The zero-order valence-electron chi connectivity index (χ0n) is 23.2. The van der Waals surface area contributed by atoms with Crippen LogP contribution in [0.3, 0.4) is 0 Å². The van der Waals surface area contributed by atoms with E-state index < -0.39 is 34.8 Å². The normalized spacial score (nSPS) is 20.2. The van der Waals surface area contributed by atoms with Gasteiger partial charge in [-0.3, -0.25) is 0 Å². The first kappa shape index (κ1) is 29.4. The van der Waals surface area contributed by atoms with Gasteiger partial charge in [0.1, 0.15) is 17.2 Å². The third-order valence-corrected chi connectivity index (χ3v) is 7.43. The molecule has 0 radical (unpaired) electrons. The van der Waals surface area contributed by atoms with Crippen molar-refractivity contribution in [2.75, 3.05) is 30.8 Å². The topological polar surface area (TPSA) is 67.8 Å². The molecule has 0 bridgehead atoms. The minimum Gasteiger partial charge on any atom is -0.444 e. The number of nitrogens with zero attached hydrogens (tertiary/aromatic N) is 4. The minimum atomic E-state index is -4.73. The highest BCUT2D eigenvalue weighted by molar-refractivity contribution is 7.98. The fourth-order valence-electron chi connectivity index (χ4n) is 5.18. The van der Waals surface area contributed by atoms with Gasteiger partial charge in [0.05, 0.1) is 24.0 Å². The fraction of sp³-hybridized carbons (Fsp3) is 0.593. The van der Waals surface area contributed by atoms with Crippen molar-refractivity contribution >= 4 is 23.7 Å². The molecule has 4 rings (SSSR count). The van der Waals surface area contributed by atoms with Gasteiger partial charge in [0.15, 0.2) is 5.16 Å². The van der Waals surface area contributed by atoms with Crippen molar-refractivity contribution in [3.05, 3.63) is 45.4 Å². The van der Waals surface area contributed by atoms with E-state index >= 15 is 4.39 Å². The number of carbonyl (C=O) groups is 1. The van der Waals surface area contributed by atoms with Gasteiger partial charge in [-0.2, -0.15) is 13.2 Å². The van der Waals surface area contributed by atoms with E-state index in [1.54, 1.807) is 4.90 Å². The van der Waals surface area contributed by atoms with Gasteiger partial charge in [-0.05, 0) is 58.9 Å². The number of aromatic nitrogens is 2. The highest BCUT2D eigenvalue weighted by Crippen LogP contribution is 2.44. The summed E-state index contributed by atoms with van der Waals surface area (Å²) in [6, 6.07) is 1.04. The predicted octanol–water partition coefficient (Wildman–Crippen LogP) is 6.23. The molecule has 0 N–H and O–H groups in total. The Morgan fingerprint density at radius 3 is 2.44 bits per heavy atom. The van der Waals surface area contributed by atoms with E-state index in [4.69, 9.17) is 14.5 Å². The molecule has 39 heavy (non-hydrogen) atoms. The van der Waals surface area contributed by atoms with Crippen LogP contribution in [-0.4, -0.2) is 58.5 Å². The van der Waals surface area contributed by atoms with Gasteiger partial charge in [-0.25, -0.2) is 19.2 Å². The molecule has 1 unspecified atom stereocenters. The zero-order valence-corrected chi connectivity index (χ0v) is 24.0. The first-order valence-electron chi connectivity index (χ1n) is 12.8. The quantitative estimate of drug-likeness (QED) is 0.246. The zero-order chi connectivity index (χ0) is 28.9. The summed E-state index contributed by atoms with van der Waals surface area (Å²) >= 11 is 1.32. The van der Waals surface area contributed by atoms with Crippen molar-refractivity contribution in [2.24, 2.45) is 0 Å². The highest BCUT2D eigenvalue weighted by Gasteiger charge is 2.41. The van der Waals surface area contributed by atoms with Crippen molar-refractivity contribution in [1.29, 1.82) is 0 Å². The van der Waals surface area contributed by atoms with Gasteiger partial charge >= 0.3 is 12.3 Å². The summed E-state index contributed by atoms with van der Waals surface area (Å²) in [6.45, 7) is 11.5. The largest absolute Gasteiger partial charge is 0.444 e. The van der Waals surface area contributed by atoms with Crippen molar-refractivity contribution in [3.8, 4) is 0 Å². The van der Waals surface area contributed by atoms with E-state index in [0.29, 0.717) is 41.9 Å². The monoisotopic (exact) mass is 570 g/mol. The molecule has 214 valence electrons. The minimum absolute atomic E-state index is 0.0191. The molecule has 2 aliphatic heterocycles. The molecule has 0 saturated carbocycles. The molecule has 1 aromatic carbocycles. The average molecular weight is 571 g/mol. The number of rotatable bonds is 3. The number of alkyl halides is 3. The molecule has 3 heterocycles. The Kier molecular flexibility index (Phi) is 8.11. The Morgan fingerprint density at radius 2 is 1.85 bits per heavy atom. The van der Waals surface area contributed by atoms with Crippen molar-refractivity contribution in [1.82, 2.24) is 14.9 Å². The van der Waals surface area contributed by atoms with Crippen LogP contribution < -0.4 is 4.90 Å². The van der Waals surface area contributed by atoms with Crippen LogP contribution in [0.2, 0.25) is 0 Å². The second-order valence-corrected chi connectivity index (χ2v) is 11.8. The number of carbonyl (C=O) groups excluding carboxylic acids is 1. The van der Waals surface area contributed by atoms with Crippen LogP contribution in [0.25, 0.3) is 0 Å². The van der Waals surface area contributed by atoms with E-state index in [-0.39, 0.29) is 36.3 Å². The number of anilines is 1. The van der Waals surface area contributed by atoms with Crippen molar-refractivity contribution < 1.29 is 31.8 Å². The number of aryl methyl sites for hydroxylation is 2. The van der Waals surface area contributed by atoms with Gasteiger partial charge in [0, 0.05) is 43.2 Å². The molecule has 2 atom stereocenters. The predicted molar refractivity (Wildman–Crippen MR) is 141 cm³/mol. The molecule has 0 spiro atoms. The number of amides is 1. The Morgan fingerprint density at radius 1 is 1.15 bits per heavy atom. The Bertz CT molecular complexity index is 1270. The number of ether oxygens (including phenoxy) is 2. The molecule has 2 aromatic rings. The Hall–Kier alpha value is -2.60. The smallest absolute Gasteiger partial charge is 0.417 e. The van der Waals surface area contributed by atoms with Gasteiger partial charge in [-0.15, -0.1) is 0 Å². The van der Waals surface area contributed by atoms with E-state index in [0.717, 1.165) is 0 Å². The van der Waals surface area contributed by atoms with E-state index in [2.05, 4.69) is 4.98 Å². The lowest BCUT2D eigenvalue weighted by molar-refractivity contribution is -0.140. The first-order chi connectivity index (χ1) is 18.1. The lowest BCUT2D eigenvalue weighted by atomic mass is 9.90. The van der Waals surface area contributed by atoms with Crippen LogP contribution >= 0.6 is 11.8 Å². The molecule has 1 saturated heterocycles. The van der Waals surface area contributed by atoms with Crippen LogP contribution in [0.15, 0.2) is 11.2 Å². The average Bonchev–Trinajstić information content (AvgIpc) is 2.82. The van der Waals surface area contributed by atoms with E-state index in [1.165, 1.54) is 31.7 Å². The van der Waals surface area contributed by atoms with Crippen LogP contribution in [-0.2, 0) is 28.7 Å². The summed E-state index contributed by atoms with van der Waals surface area (Å²) in [6.07, 6.45) is -4.46. The highest BCUT2D eigenvalue weighted by atomic mass is 32.2. The van der Waals surface area contributed by atoms with Crippen LogP contribution in [0.5, 0.6) is 0 Å². The number of piperazine rings is 1. The lowest BCUT2D eigenvalue weighted by Crippen LogP contribution is -2.55. The molecular weight excluding hydrogens is 536 g/mol. The van der Waals surface area contributed by atoms with Crippen molar-refractivity contribution in [3.63, 3.8) is 0 Å². The van der Waals surface area contributed by atoms with Gasteiger partial charge < -0.3 is 19.3 Å². The Balaban J connectivity index is 1.65. The third kappa shape index (κ3) is 6.11. The summed E-state index contributed by atoms with van der Waals surface area (Å²) < 4.78 is 68.7. The maximum atomic E-state index is 15.2. The number of hydrogen-bond donors (Lipinski definition) is 0. The van der Waals surface area contributed by atoms with Gasteiger partial charge in [-0.1, -0.05) is 17.8 Å². The molecule has 1 amide bonds. The fourth-order valence-corrected chi connectivity index (χ4v) is 5.56. The van der Waals surface area contributed by atoms with Gasteiger partial charge in [0.25, 0.3) is 0 Å². The number of hydrogen-bond acceptors (Lipinski definition) is 7. The van der Waals surface area contributed by atoms with E-state index in [1.807, 2.05) is 38.9 Å². The second kappa shape index (κ2) is 10.8.